The van der Waals surface area contributed by atoms with E-state index in [-0.39, 0.29) is 11.9 Å². The first kappa shape index (κ1) is 40.0. The predicted molar refractivity (Wildman–Crippen MR) is 182 cm³/mol. The van der Waals surface area contributed by atoms with Crippen molar-refractivity contribution in [2.24, 2.45) is 0 Å². The summed E-state index contributed by atoms with van der Waals surface area (Å²) in [6, 6.07) is -0.160. The summed E-state index contributed by atoms with van der Waals surface area (Å²) in [5, 5.41) is 14.2. The van der Waals surface area contributed by atoms with Gasteiger partial charge in [-0.25, -0.2) is 0 Å². The summed E-state index contributed by atoms with van der Waals surface area (Å²) in [5.41, 5.74) is 0. The second kappa shape index (κ2) is 29.1. The molecule has 2 N–H and O–H groups in total. The minimum atomic E-state index is -2.41. The van der Waals surface area contributed by atoms with Crippen molar-refractivity contribution in [1.82, 2.24) is 5.32 Å². The van der Waals surface area contributed by atoms with Gasteiger partial charge in [0.15, 0.2) is 0 Å². The van der Waals surface area contributed by atoms with Gasteiger partial charge in [0.2, 0.25) is 0 Å². The van der Waals surface area contributed by atoms with Crippen LogP contribution in [0.3, 0.4) is 0 Å². The molecule has 0 unspecified atom stereocenters. The number of carbonyl (C=O) groups is 1. The van der Waals surface area contributed by atoms with Gasteiger partial charge < -0.3 is 0 Å². The molecule has 4 heteroatoms. The van der Waals surface area contributed by atoms with E-state index in [4.69, 9.17) is 0 Å². The first-order valence-electron chi connectivity index (χ1n) is 18.1. The van der Waals surface area contributed by atoms with E-state index in [1.54, 1.807) is 0 Å². The molecule has 0 aliphatic carbocycles. The van der Waals surface area contributed by atoms with Gasteiger partial charge in [0.25, 0.3) is 0 Å². The van der Waals surface area contributed by atoms with Gasteiger partial charge in [-0.05, 0) is 0 Å². The number of aliphatic hydroxyl groups excluding tert-OH is 1. The monoisotopic (exact) mass is 671 g/mol. The van der Waals surface area contributed by atoms with E-state index in [9.17, 15) is 9.90 Å². The van der Waals surface area contributed by atoms with Crippen molar-refractivity contribution >= 4 is 24.3 Å². The molecule has 0 aliphatic rings. The van der Waals surface area contributed by atoms with Crippen molar-refractivity contribution < 1.29 is 9.90 Å². The van der Waals surface area contributed by atoms with Crippen LogP contribution in [0.25, 0.3) is 0 Å². The fourth-order valence-electron chi connectivity index (χ4n) is 6.01. The summed E-state index contributed by atoms with van der Waals surface area (Å²) in [5.74, 6) is 0.117. The first-order valence-corrected chi connectivity index (χ1v) is 25.8. The van der Waals surface area contributed by atoms with Crippen molar-refractivity contribution in [3.63, 3.8) is 0 Å². The standard InChI is InChI=1S/C24H46NO2.3C4H9.Sn/c1-4-7-8-9-10-11-12-13-14-15-16-17-18-19-20-21-24(27)25-22(5-2)23(26)6-3;3*1-3-4-2;/h3,6,22-23,26H,4-5,7-21H2,1-2H3,(H,25,27);3*1,3-4H2,2H3;/t22-,23+;;;;/m0..../s1. The number of carbonyl (C=O) groups excluding carboxylic acids is 1. The van der Waals surface area contributed by atoms with Crippen LogP contribution in [0.4, 0.5) is 0 Å². The van der Waals surface area contributed by atoms with Crippen LogP contribution >= 0.6 is 0 Å². The zero-order chi connectivity index (χ0) is 29.7. The van der Waals surface area contributed by atoms with Crippen LogP contribution in [0.1, 0.15) is 182 Å². The molecule has 0 radical (unpaired) electrons. The average molecular weight is 671 g/mol. The van der Waals surface area contributed by atoms with Crippen molar-refractivity contribution in [3.05, 3.63) is 10.2 Å². The molecule has 0 aliphatic heterocycles. The molecule has 2 atom stereocenters. The van der Waals surface area contributed by atoms with Crippen molar-refractivity contribution in [2.75, 3.05) is 0 Å². The van der Waals surface area contributed by atoms with E-state index in [2.05, 4.69) is 50.1 Å². The maximum absolute atomic E-state index is 12.6. The van der Waals surface area contributed by atoms with Gasteiger partial charge in [-0.2, -0.15) is 0 Å². The van der Waals surface area contributed by atoms with E-state index in [1.165, 1.54) is 135 Å². The zero-order valence-electron chi connectivity index (χ0n) is 28.0. The Bertz CT molecular complexity index is 557. The third-order valence-electron chi connectivity index (χ3n) is 8.94. The molecular formula is C36H73NO2Sn. The van der Waals surface area contributed by atoms with Crippen LogP contribution < -0.4 is 5.32 Å². The molecule has 0 spiro atoms. The van der Waals surface area contributed by atoms with Crippen molar-refractivity contribution in [2.45, 2.75) is 208 Å². The van der Waals surface area contributed by atoms with Gasteiger partial charge in [0.1, 0.15) is 0 Å². The minimum absolute atomic E-state index is 0.117. The van der Waals surface area contributed by atoms with Crippen molar-refractivity contribution in [1.29, 1.82) is 0 Å². The molecule has 0 bridgehead atoms. The molecule has 1 amide bonds. The van der Waals surface area contributed by atoms with Crippen molar-refractivity contribution in [3.8, 4) is 0 Å². The molecule has 40 heavy (non-hydrogen) atoms. The Kier molecular flexibility index (Phi) is 29.0. The molecule has 0 heterocycles. The SMILES string of the molecule is CCCCCCCCCCCCCCCCCC(=O)N[C@@H](CC)[C@H](O)/C=[CH]/[Sn]([CH2]CCC)([CH2]CCC)[CH2]CCC. The van der Waals surface area contributed by atoms with E-state index in [0.717, 1.165) is 19.3 Å². The van der Waals surface area contributed by atoms with Crippen LogP contribution in [0, 0.1) is 0 Å². The van der Waals surface area contributed by atoms with Gasteiger partial charge in [-0.3, -0.25) is 0 Å². The number of hydrogen-bond donors (Lipinski definition) is 2. The van der Waals surface area contributed by atoms with E-state index >= 15 is 0 Å². The number of hydrogen-bond acceptors (Lipinski definition) is 2. The fraction of sp³-hybridized carbons (Fsp3) is 0.917. The summed E-state index contributed by atoms with van der Waals surface area (Å²) in [6.07, 6.45) is 30.8. The second-order valence-electron chi connectivity index (χ2n) is 12.8. The third kappa shape index (κ3) is 22.6. The van der Waals surface area contributed by atoms with Gasteiger partial charge in [0, 0.05) is 0 Å². The third-order valence-corrected chi connectivity index (χ3v) is 23.1. The van der Waals surface area contributed by atoms with Gasteiger partial charge in [-0.1, -0.05) is 71.1 Å². The van der Waals surface area contributed by atoms with Crippen LogP contribution in [0.2, 0.25) is 13.3 Å². The summed E-state index contributed by atoms with van der Waals surface area (Å²) in [6.45, 7) is 11.3. The quantitative estimate of drug-likeness (QED) is 0.0590. The molecule has 0 fully saturated rings. The summed E-state index contributed by atoms with van der Waals surface area (Å²) >= 11 is -2.41. The Hall–Kier alpha value is -0.0313. The first-order chi connectivity index (χ1) is 19.5. The van der Waals surface area contributed by atoms with Gasteiger partial charge >= 0.3 is 186 Å². The van der Waals surface area contributed by atoms with Crippen LogP contribution in [-0.2, 0) is 4.79 Å². The molecule has 0 rings (SSSR count). The van der Waals surface area contributed by atoms with Crippen LogP contribution in [-0.4, -0.2) is 41.5 Å². The molecule has 238 valence electrons. The molecule has 0 aromatic heterocycles. The second-order valence-corrected chi connectivity index (χ2v) is 25.8. The molecular weight excluding hydrogens is 597 g/mol. The number of nitrogens with one attached hydrogen (secondary N) is 1. The average Bonchev–Trinajstić information content (AvgIpc) is 2.96. The molecule has 0 aromatic rings. The topological polar surface area (TPSA) is 49.3 Å². The Morgan fingerprint density at radius 2 is 0.975 bits per heavy atom. The van der Waals surface area contributed by atoms with Gasteiger partial charge in [-0.15, -0.1) is 0 Å². The predicted octanol–water partition coefficient (Wildman–Crippen LogP) is 11.4. The summed E-state index contributed by atoms with van der Waals surface area (Å²) in [4.78, 5) is 12.6. The van der Waals surface area contributed by atoms with E-state index in [0.29, 0.717) is 6.42 Å². The molecule has 0 saturated carbocycles. The van der Waals surface area contributed by atoms with Gasteiger partial charge in [0.05, 0.1) is 0 Å². The molecule has 3 nitrogen and oxygen atoms in total. The fourth-order valence-corrected chi connectivity index (χ4v) is 20.4. The summed E-state index contributed by atoms with van der Waals surface area (Å²) in [7, 11) is 0. The Morgan fingerprint density at radius 3 is 1.35 bits per heavy atom. The Labute approximate surface area is 256 Å². The van der Waals surface area contributed by atoms with Crippen LogP contribution in [0.15, 0.2) is 10.2 Å². The molecule has 0 saturated heterocycles. The zero-order valence-corrected chi connectivity index (χ0v) is 30.9. The number of aliphatic hydroxyl groups is 1. The Morgan fingerprint density at radius 1 is 0.600 bits per heavy atom. The molecule has 0 aromatic carbocycles. The summed E-state index contributed by atoms with van der Waals surface area (Å²) < 4.78 is 6.79. The normalized spacial score (nSPS) is 13.7. The number of rotatable bonds is 30. The van der Waals surface area contributed by atoms with E-state index < -0.39 is 24.5 Å². The maximum atomic E-state index is 12.6. The van der Waals surface area contributed by atoms with Crippen LogP contribution in [0.5, 0.6) is 0 Å². The van der Waals surface area contributed by atoms with E-state index in [1.807, 2.05) is 0 Å². The number of unbranched alkanes of at least 4 members (excludes halogenated alkanes) is 17. The number of amides is 1. The Balaban J connectivity index is 4.25.